The van der Waals surface area contributed by atoms with Crippen LogP contribution in [0.1, 0.15) is 13.3 Å². The number of thioether (sulfide) groups is 1. The van der Waals surface area contributed by atoms with Crippen molar-refractivity contribution in [3.63, 3.8) is 0 Å². The number of ether oxygens (including phenoxy) is 2. The highest BCUT2D eigenvalue weighted by molar-refractivity contribution is 8.00. The predicted molar refractivity (Wildman–Crippen MR) is 102 cm³/mol. The Morgan fingerprint density at radius 2 is 1.88 bits per heavy atom. The zero-order valence-electron chi connectivity index (χ0n) is 13.6. The van der Waals surface area contributed by atoms with Crippen LogP contribution in [0.15, 0.2) is 41.3 Å². The van der Waals surface area contributed by atoms with Gasteiger partial charge in [0.15, 0.2) is 11.5 Å². The number of anilines is 1. The highest BCUT2D eigenvalue weighted by Crippen LogP contribution is 2.35. The molecule has 1 atom stereocenters. The first kappa shape index (κ1) is 18.2. The van der Waals surface area contributed by atoms with Crippen molar-refractivity contribution in [2.24, 2.45) is 0 Å². The molecule has 0 radical (unpaired) electrons. The quantitative estimate of drug-likeness (QED) is 0.713. The van der Waals surface area contributed by atoms with Crippen molar-refractivity contribution in [1.82, 2.24) is 0 Å². The van der Waals surface area contributed by atoms with Gasteiger partial charge in [-0.05, 0) is 43.3 Å². The number of rotatable bonds is 4. The van der Waals surface area contributed by atoms with Crippen molar-refractivity contribution < 1.29 is 14.3 Å². The van der Waals surface area contributed by atoms with Crippen molar-refractivity contribution in [3.05, 3.63) is 46.4 Å². The maximum absolute atomic E-state index is 12.4. The fourth-order valence-corrected chi connectivity index (χ4v) is 3.65. The maximum atomic E-state index is 12.4. The Morgan fingerprint density at radius 3 is 2.64 bits per heavy atom. The highest BCUT2D eigenvalue weighted by atomic mass is 35.5. The largest absolute Gasteiger partial charge is 0.490 e. The number of halogens is 2. The zero-order valence-corrected chi connectivity index (χ0v) is 15.9. The molecule has 0 fully saturated rings. The SMILES string of the molecule is C[C@H](Sc1ccc2c(c1)OCCCO2)C(=O)Nc1ccc(Cl)cc1Cl. The first-order valence-corrected chi connectivity index (χ1v) is 9.49. The van der Waals surface area contributed by atoms with Crippen molar-refractivity contribution in [1.29, 1.82) is 0 Å². The molecule has 0 saturated carbocycles. The second kappa shape index (κ2) is 8.21. The Labute approximate surface area is 160 Å². The van der Waals surface area contributed by atoms with Gasteiger partial charge in [0, 0.05) is 16.3 Å². The summed E-state index contributed by atoms with van der Waals surface area (Å²) in [5.41, 5.74) is 0.544. The molecule has 0 unspecified atom stereocenters. The van der Waals surface area contributed by atoms with Crippen molar-refractivity contribution in [2.45, 2.75) is 23.5 Å². The summed E-state index contributed by atoms with van der Waals surface area (Å²) in [5.74, 6) is 1.32. The minimum Gasteiger partial charge on any atom is -0.490 e. The van der Waals surface area contributed by atoms with E-state index in [4.69, 9.17) is 32.7 Å². The number of nitrogens with one attached hydrogen (secondary N) is 1. The van der Waals surface area contributed by atoms with E-state index in [0.717, 1.165) is 22.8 Å². The Balaban J connectivity index is 1.66. The van der Waals surface area contributed by atoms with Crippen LogP contribution < -0.4 is 14.8 Å². The molecule has 0 bridgehead atoms. The van der Waals surface area contributed by atoms with E-state index in [9.17, 15) is 4.79 Å². The fraction of sp³-hybridized carbons (Fsp3) is 0.278. The smallest absolute Gasteiger partial charge is 0.237 e. The molecule has 1 amide bonds. The topological polar surface area (TPSA) is 47.6 Å². The molecule has 132 valence electrons. The zero-order chi connectivity index (χ0) is 17.8. The van der Waals surface area contributed by atoms with Crippen LogP contribution in [0.3, 0.4) is 0 Å². The maximum Gasteiger partial charge on any atom is 0.237 e. The van der Waals surface area contributed by atoms with Gasteiger partial charge in [-0.3, -0.25) is 4.79 Å². The van der Waals surface area contributed by atoms with E-state index in [2.05, 4.69) is 5.32 Å². The molecule has 25 heavy (non-hydrogen) atoms. The molecule has 1 heterocycles. The fourth-order valence-electron chi connectivity index (χ4n) is 2.30. The highest BCUT2D eigenvalue weighted by Gasteiger charge is 2.18. The Morgan fingerprint density at radius 1 is 1.12 bits per heavy atom. The number of carbonyl (C=O) groups is 1. The van der Waals surface area contributed by atoms with E-state index < -0.39 is 0 Å². The lowest BCUT2D eigenvalue weighted by molar-refractivity contribution is -0.115. The summed E-state index contributed by atoms with van der Waals surface area (Å²) in [6, 6.07) is 10.7. The summed E-state index contributed by atoms with van der Waals surface area (Å²) in [6.45, 7) is 3.12. The molecule has 0 aliphatic carbocycles. The Hall–Kier alpha value is -1.56. The molecular weight excluding hydrogens is 381 g/mol. The summed E-state index contributed by atoms with van der Waals surface area (Å²) >= 11 is 13.4. The molecule has 2 aromatic carbocycles. The molecule has 1 aliphatic heterocycles. The van der Waals surface area contributed by atoms with Crippen LogP contribution >= 0.6 is 35.0 Å². The monoisotopic (exact) mass is 397 g/mol. The van der Waals surface area contributed by atoms with Crippen LogP contribution in [0.2, 0.25) is 10.0 Å². The summed E-state index contributed by atoms with van der Waals surface area (Å²) in [4.78, 5) is 13.4. The Bertz CT molecular complexity index is 785. The first-order chi connectivity index (χ1) is 12.0. The number of hydrogen-bond acceptors (Lipinski definition) is 4. The normalized spacial score (nSPS) is 14.5. The van der Waals surface area contributed by atoms with Gasteiger partial charge in [-0.1, -0.05) is 23.2 Å². The summed E-state index contributed by atoms with van der Waals surface area (Å²) < 4.78 is 11.3. The predicted octanol–water partition coefficient (Wildman–Crippen LogP) is 5.27. The standard InChI is InChI=1S/C18H17Cl2NO3S/c1-11(18(22)21-15-5-3-12(19)9-14(15)20)25-13-4-6-16-17(10-13)24-8-2-7-23-16/h3-6,9-11H,2,7-8H2,1H3,(H,21,22)/t11-/m0/s1. The van der Waals surface area contributed by atoms with Crippen LogP contribution in [0.25, 0.3) is 0 Å². The van der Waals surface area contributed by atoms with Crippen LogP contribution in [-0.4, -0.2) is 24.4 Å². The van der Waals surface area contributed by atoms with Crippen LogP contribution in [0, 0.1) is 0 Å². The molecule has 4 nitrogen and oxygen atoms in total. The van der Waals surface area contributed by atoms with E-state index in [-0.39, 0.29) is 11.2 Å². The second-order valence-corrected chi connectivity index (χ2v) is 7.79. The van der Waals surface area contributed by atoms with Crippen molar-refractivity contribution in [3.8, 4) is 11.5 Å². The van der Waals surface area contributed by atoms with E-state index in [1.165, 1.54) is 11.8 Å². The molecular formula is C18H17Cl2NO3S. The third-order valence-corrected chi connectivity index (χ3v) is 5.23. The first-order valence-electron chi connectivity index (χ1n) is 7.85. The summed E-state index contributed by atoms with van der Waals surface area (Å²) in [5, 5.41) is 3.45. The van der Waals surface area contributed by atoms with Gasteiger partial charge < -0.3 is 14.8 Å². The minimum absolute atomic E-state index is 0.138. The van der Waals surface area contributed by atoms with Gasteiger partial charge in [0.05, 0.1) is 29.2 Å². The van der Waals surface area contributed by atoms with Gasteiger partial charge in [-0.25, -0.2) is 0 Å². The number of fused-ring (bicyclic) bond motifs is 1. The molecule has 0 saturated heterocycles. The molecule has 1 aliphatic rings. The van der Waals surface area contributed by atoms with Crippen molar-refractivity contribution >= 4 is 46.6 Å². The lowest BCUT2D eigenvalue weighted by atomic mass is 10.3. The van der Waals surface area contributed by atoms with Gasteiger partial charge >= 0.3 is 0 Å². The molecule has 3 rings (SSSR count). The third-order valence-electron chi connectivity index (χ3n) is 3.59. The number of amides is 1. The number of carbonyl (C=O) groups excluding carboxylic acids is 1. The Kier molecular flexibility index (Phi) is 5.99. The molecule has 0 spiro atoms. The van der Waals surface area contributed by atoms with E-state index in [0.29, 0.717) is 28.9 Å². The van der Waals surface area contributed by atoms with E-state index in [1.54, 1.807) is 18.2 Å². The lowest BCUT2D eigenvalue weighted by Crippen LogP contribution is -2.22. The van der Waals surface area contributed by atoms with Crippen molar-refractivity contribution in [2.75, 3.05) is 18.5 Å². The van der Waals surface area contributed by atoms with Gasteiger partial charge in [0.2, 0.25) is 5.91 Å². The van der Waals surface area contributed by atoms with Gasteiger partial charge in [0.25, 0.3) is 0 Å². The average Bonchev–Trinajstić information content (AvgIpc) is 2.82. The molecule has 2 aromatic rings. The second-order valence-electron chi connectivity index (χ2n) is 5.53. The van der Waals surface area contributed by atoms with Gasteiger partial charge in [0.1, 0.15) is 0 Å². The third kappa shape index (κ3) is 4.75. The van der Waals surface area contributed by atoms with Crippen LogP contribution in [-0.2, 0) is 4.79 Å². The van der Waals surface area contributed by atoms with Crippen LogP contribution in [0.5, 0.6) is 11.5 Å². The molecule has 0 aromatic heterocycles. The molecule has 7 heteroatoms. The van der Waals surface area contributed by atoms with Crippen LogP contribution in [0.4, 0.5) is 5.69 Å². The molecule has 1 N–H and O–H groups in total. The van der Waals surface area contributed by atoms with Gasteiger partial charge in [-0.15, -0.1) is 11.8 Å². The average molecular weight is 398 g/mol. The van der Waals surface area contributed by atoms with E-state index >= 15 is 0 Å². The van der Waals surface area contributed by atoms with Gasteiger partial charge in [-0.2, -0.15) is 0 Å². The minimum atomic E-state index is -0.309. The lowest BCUT2D eigenvalue weighted by Gasteiger charge is -2.14. The number of benzene rings is 2. The number of hydrogen-bond donors (Lipinski definition) is 1. The summed E-state index contributed by atoms with van der Waals surface area (Å²) in [6.07, 6.45) is 0.859. The summed E-state index contributed by atoms with van der Waals surface area (Å²) in [7, 11) is 0. The van der Waals surface area contributed by atoms with E-state index in [1.807, 2.05) is 25.1 Å².